The van der Waals surface area contributed by atoms with Crippen LogP contribution in [0.25, 0.3) is 0 Å². The third-order valence-electron chi connectivity index (χ3n) is 2.42. The van der Waals surface area contributed by atoms with Crippen molar-refractivity contribution in [1.82, 2.24) is 4.90 Å². The molecule has 1 unspecified atom stereocenters. The van der Waals surface area contributed by atoms with E-state index in [0.717, 1.165) is 0 Å². The molecule has 1 aliphatic heterocycles. The topological polar surface area (TPSA) is 46.6 Å². The predicted octanol–water partition coefficient (Wildman–Crippen LogP) is 0.841. The Labute approximate surface area is 94.7 Å². The first-order valence-corrected chi connectivity index (χ1v) is 5.39. The molecule has 0 spiro atoms. The molecule has 0 radical (unpaired) electrons. The lowest BCUT2D eigenvalue weighted by Gasteiger charge is -2.16. The minimum absolute atomic E-state index is 0.0479. The van der Waals surface area contributed by atoms with Gasteiger partial charge >= 0.3 is 5.97 Å². The van der Waals surface area contributed by atoms with Crippen LogP contribution in [0.5, 0.6) is 0 Å². The number of rotatable bonds is 3. The van der Waals surface area contributed by atoms with E-state index in [1.165, 1.54) is 13.2 Å². The quantitative estimate of drug-likeness (QED) is 0.443. The zero-order valence-electron chi connectivity index (χ0n) is 8.90. The van der Waals surface area contributed by atoms with Gasteiger partial charge in [0.2, 0.25) is 5.91 Å². The van der Waals surface area contributed by atoms with Crippen LogP contribution in [0.1, 0.15) is 13.3 Å². The van der Waals surface area contributed by atoms with Crippen LogP contribution < -0.4 is 0 Å². The van der Waals surface area contributed by atoms with E-state index < -0.39 is 5.97 Å². The Balaban J connectivity index is 2.68. The van der Waals surface area contributed by atoms with Crippen LogP contribution in [0.15, 0.2) is 11.8 Å². The number of hydrogen-bond acceptors (Lipinski definition) is 4. The number of amides is 1. The molecule has 15 heavy (non-hydrogen) atoms. The fraction of sp³-hybridized carbons (Fsp3) is 0.600. The van der Waals surface area contributed by atoms with Crippen molar-refractivity contribution < 1.29 is 14.3 Å². The molecular formula is C10H15NO3S. The van der Waals surface area contributed by atoms with E-state index in [1.807, 2.05) is 0 Å². The van der Waals surface area contributed by atoms with Crippen LogP contribution in [-0.2, 0) is 14.3 Å². The number of carbonyl (C=O) groups is 2. The second-order valence-corrected chi connectivity index (χ2v) is 3.93. The lowest BCUT2D eigenvalue weighted by molar-refractivity contribution is -0.135. The second kappa shape index (κ2) is 5.21. The molecule has 0 aromatic heterocycles. The maximum absolute atomic E-state index is 11.6. The summed E-state index contributed by atoms with van der Waals surface area (Å²) in [6.45, 7) is 2.37. The van der Waals surface area contributed by atoms with Crippen LogP contribution in [-0.4, -0.2) is 36.2 Å². The number of nitrogens with zero attached hydrogens (tertiary/aromatic N) is 1. The fourth-order valence-corrected chi connectivity index (χ4v) is 1.80. The lowest BCUT2D eigenvalue weighted by Crippen LogP contribution is -2.24. The summed E-state index contributed by atoms with van der Waals surface area (Å²) in [6, 6.07) is 0. The number of ether oxygens (including phenoxy) is 1. The second-order valence-electron chi connectivity index (χ2n) is 3.57. The Hall–Kier alpha value is -0.970. The third-order valence-corrected chi connectivity index (χ3v) is 2.93. The highest BCUT2D eigenvalue weighted by molar-refractivity contribution is 7.80. The SMILES string of the molecule is COC(=O)C=C(C)N1CC(CS)CC1=O. The molecule has 0 aromatic rings. The van der Waals surface area contributed by atoms with Crippen LogP contribution in [0.4, 0.5) is 0 Å². The Morgan fingerprint density at radius 1 is 1.73 bits per heavy atom. The summed E-state index contributed by atoms with van der Waals surface area (Å²) in [6.07, 6.45) is 1.84. The third kappa shape index (κ3) is 2.99. The van der Waals surface area contributed by atoms with Crippen molar-refractivity contribution in [2.24, 2.45) is 5.92 Å². The molecule has 1 amide bonds. The molecule has 1 saturated heterocycles. The van der Waals surface area contributed by atoms with Gasteiger partial charge in [-0.3, -0.25) is 4.79 Å². The van der Waals surface area contributed by atoms with Crippen molar-refractivity contribution in [3.63, 3.8) is 0 Å². The summed E-state index contributed by atoms with van der Waals surface area (Å²) in [5.74, 6) is 0.580. The maximum Gasteiger partial charge on any atom is 0.332 e. The van der Waals surface area contributed by atoms with E-state index in [2.05, 4.69) is 17.4 Å². The molecule has 0 aromatic carbocycles. The molecule has 1 fully saturated rings. The molecule has 1 aliphatic rings. The van der Waals surface area contributed by atoms with Gasteiger partial charge in [0, 0.05) is 24.7 Å². The van der Waals surface area contributed by atoms with Crippen molar-refractivity contribution in [3.05, 3.63) is 11.8 Å². The summed E-state index contributed by atoms with van der Waals surface area (Å²) in [5.41, 5.74) is 0.635. The highest BCUT2D eigenvalue weighted by Gasteiger charge is 2.29. The van der Waals surface area contributed by atoms with E-state index in [0.29, 0.717) is 24.4 Å². The van der Waals surface area contributed by atoms with Gasteiger partial charge in [-0.2, -0.15) is 12.6 Å². The molecule has 0 bridgehead atoms. The van der Waals surface area contributed by atoms with E-state index in [-0.39, 0.29) is 11.8 Å². The Morgan fingerprint density at radius 3 is 2.87 bits per heavy atom. The first kappa shape index (κ1) is 12.1. The molecule has 0 N–H and O–H groups in total. The van der Waals surface area contributed by atoms with E-state index in [1.54, 1.807) is 11.8 Å². The number of thiol groups is 1. The number of likely N-dealkylation sites (tertiary alicyclic amines) is 1. The summed E-state index contributed by atoms with van der Waals surface area (Å²) in [7, 11) is 1.31. The summed E-state index contributed by atoms with van der Waals surface area (Å²) < 4.78 is 4.50. The first-order valence-electron chi connectivity index (χ1n) is 4.76. The molecule has 1 atom stereocenters. The van der Waals surface area contributed by atoms with Gasteiger partial charge in [-0.25, -0.2) is 4.79 Å². The average Bonchev–Trinajstić information content (AvgIpc) is 2.59. The van der Waals surface area contributed by atoms with E-state index >= 15 is 0 Å². The van der Waals surface area contributed by atoms with Gasteiger partial charge < -0.3 is 9.64 Å². The molecule has 84 valence electrons. The van der Waals surface area contributed by atoms with E-state index in [4.69, 9.17) is 0 Å². The van der Waals surface area contributed by atoms with Gasteiger partial charge in [0.25, 0.3) is 0 Å². The molecule has 1 heterocycles. The molecule has 0 aliphatic carbocycles. The molecule has 4 nitrogen and oxygen atoms in total. The van der Waals surface area contributed by atoms with Gasteiger partial charge in [-0.1, -0.05) is 0 Å². The van der Waals surface area contributed by atoms with Crippen molar-refractivity contribution in [3.8, 4) is 0 Å². The lowest BCUT2D eigenvalue weighted by atomic mass is 10.1. The van der Waals surface area contributed by atoms with Gasteiger partial charge in [-0.05, 0) is 18.6 Å². The zero-order chi connectivity index (χ0) is 11.4. The number of allylic oxidation sites excluding steroid dienone is 1. The van der Waals surface area contributed by atoms with Crippen molar-refractivity contribution in [2.45, 2.75) is 13.3 Å². The standard InChI is InChI=1S/C10H15NO3S/c1-7(3-10(13)14-2)11-5-8(6-15)4-9(11)12/h3,8,15H,4-6H2,1-2H3. The Bertz CT molecular complexity index is 301. The summed E-state index contributed by atoms with van der Waals surface area (Å²) in [5, 5.41) is 0. The van der Waals surface area contributed by atoms with Gasteiger partial charge in [0.15, 0.2) is 0 Å². The highest BCUT2D eigenvalue weighted by Crippen LogP contribution is 2.22. The predicted molar refractivity (Wildman–Crippen MR) is 59.4 cm³/mol. The average molecular weight is 229 g/mol. The van der Waals surface area contributed by atoms with Gasteiger partial charge in [-0.15, -0.1) is 0 Å². The summed E-state index contributed by atoms with van der Waals surface area (Å²) >= 11 is 4.16. The first-order chi connectivity index (χ1) is 7.08. The fourth-order valence-electron chi connectivity index (χ4n) is 1.55. The summed E-state index contributed by atoms with van der Waals surface area (Å²) in [4.78, 5) is 24.1. The number of esters is 1. The van der Waals surface area contributed by atoms with Gasteiger partial charge in [0.05, 0.1) is 7.11 Å². The minimum atomic E-state index is -0.436. The zero-order valence-corrected chi connectivity index (χ0v) is 9.79. The number of methoxy groups -OCH3 is 1. The van der Waals surface area contributed by atoms with Crippen molar-refractivity contribution in [1.29, 1.82) is 0 Å². The van der Waals surface area contributed by atoms with Crippen molar-refractivity contribution >= 4 is 24.5 Å². The number of carbonyl (C=O) groups excluding carboxylic acids is 2. The van der Waals surface area contributed by atoms with E-state index in [9.17, 15) is 9.59 Å². The van der Waals surface area contributed by atoms with Crippen LogP contribution in [0, 0.1) is 5.92 Å². The molecular weight excluding hydrogens is 214 g/mol. The molecule has 0 saturated carbocycles. The van der Waals surface area contributed by atoms with Crippen LogP contribution in [0.3, 0.4) is 0 Å². The van der Waals surface area contributed by atoms with Crippen LogP contribution in [0.2, 0.25) is 0 Å². The number of hydrogen-bond donors (Lipinski definition) is 1. The monoisotopic (exact) mass is 229 g/mol. The van der Waals surface area contributed by atoms with Gasteiger partial charge in [0.1, 0.15) is 0 Å². The largest absolute Gasteiger partial charge is 0.466 e. The normalized spacial score (nSPS) is 22.1. The minimum Gasteiger partial charge on any atom is -0.466 e. The molecule has 5 heteroatoms. The smallest absolute Gasteiger partial charge is 0.332 e. The van der Waals surface area contributed by atoms with Crippen LogP contribution >= 0.6 is 12.6 Å². The van der Waals surface area contributed by atoms with Crippen molar-refractivity contribution in [2.75, 3.05) is 19.4 Å². The highest BCUT2D eigenvalue weighted by atomic mass is 32.1. The Kier molecular flexibility index (Phi) is 4.20. The maximum atomic E-state index is 11.6. The Morgan fingerprint density at radius 2 is 2.40 bits per heavy atom. The molecule has 1 rings (SSSR count).